The van der Waals surface area contributed by atoms with Crippen molar-refractivity contribution in [1.82, 2.24) is 15.5 Å². The Balaban J connectivity index is 1.52. The van der Waals surface area contributed by atoms with E-state index in [2.05, 4.69) is 38.3 Å². The Hall–Kier alpha value is -4.86. The Morgan fingerprint density at radius 2 is 1.22 bits per heavy atom. The number of aliphatic hydroxyl groups is 1. The summed E-state index contributed by atoms with van der Waals surface area (Å²) < 4.78 is 5.85. The van der Waals surface area contributed by atoms with Crippen LogP contribution < -0.4 is 26.0 Å². The van der Waals surface area contributed by atoms with Gasteiger partial charge in [-0.2, -0.15) is 0 Å². The lowest BCUT2D eigenvalue weighted by atomic mass is 9.88. The standard InChI is InChI=1S/C37H45N5O4/c1-3-38-36(44)40-31-19-15-29(16-20-31)35(30-17-21-32(22-18-30)41-37(45)39-4-2)23-24-42(25-28-11-7-5-8-12-28)26-33(43)27-46-34-13-9-6-10-14-34/h5-22,33,35,43H,3-4,23-27H2,1-2H3,(H2,38,40,44)(H2,39,41,45)/t33-/m0/s1. The molecule has 0 aliphatic heterocycles. The van der Waals surface area contributed by atoms with Crippen LogP contribution in [-0.4, -0.2) is 61.0 Å². The van der Waals surface area contributed by atoms with Crippen molar-refractivity contribution in [3.05, 3.63) is 126 Å². The van der Waals surface area contributed by atoms with Crippen molar-refractivity contribution < 1.29 is 19.4 Å². The van der Waals surface area contributed by atoms with Gasteiger partial charge in [-0.3, -0.25) is 4.90 Å². The summed E-state index contributed by atoms with van der Waals surface area (Å²) in [7, 11) is 0. The number of hydrogen-bond acceptors (Lipinski definition) is 5. The molecule has 0 saturated heterocycles. The second-order valence-electron chi connectivity index (χ2n) is 11.1. The maximum absolute atomic E-state index is 12.1. The molecule has 9 nitrogen and oxygen atoms in total. The van der Waals surface area contributed by atoms with E-state index in [0.29, 0.717) is 44.1 Å². The normalized spacial score (nSPS) is 11.6. The third-order valence-corrected chi connectivity index (χ3v) is 7.45. The highest BCUT2D eigenvalue weighted by Crippen LogP contribution is 2.30. The predicted octanol–water partition coefficient (Wildman–Crippen LogP) is 6.43. The molecule has 4 aromatic rings. The number of para-hydroxylation sites is 1. The minimum absolute atomic E-state index is 0.0213. The quantitative estimate of drug-likeness (QED) is 0.0987. The van der Waals surface area contributed by atoms with Crippen LogP contribution in [0.5, 0.6) is 5.75 Å². The first-order chi connectivity index (χ1) is 22.4. The molecule has 46 heavy (non-hydrogen) atoms. The van der Waals surface area contributed by atoms with Crippen molar-refractivity contribution >= 4 is 23.4 Å². The number of nitrogens with zero attached hydrogens (tertiary/aromatic N) is 1. The Morgan fingerprint density at radius 3 is 1.72 bits per heavy atom. The zero-order valence-corrected chi connectivity index (χ0v) is 26.6. The molecule has 0 aliphatic rings. The summed E-state index contributed by atoms with van der Waals surface area (Å²) in [6.45, 7) is 6.87. The van der Waals surface area contributed by atoms with Gasteiger partial charge in [0, 0.05) is 43.5 Å². The van der Waals surface area contributed by atoms with Crippen molar-refractivity contribution in [2.24, 2.45) is 0 Å². The predicted molar refractivity (Wildman–Crippen MR) is 184 cm³/mol. The van der Waals surface area contributed by atoms with Crippen LogP contribution in [0.2, 0.25) is 0 Å². The molecule has 0 aliphatic carbocycles. The van der Waals surface area contributed by atoms with E-state index in [0.717, 1.165) is 28.9 Å². The van der Waals surface area contributed by atoms with Crippen molar-refractivity contribution in [2.75, 3.05) is 43.4 Å². The van der Waals surface area contributed by atoms with Crippen molar-refractivity contribution in [3.63, 3.8) is 0 Å². The van der Waals surface area contributed by atoms with Crippen LogP contribution in [0.3, 0.4) is 0 Å². The molecule has 0 aromatic heterocycles. The summed E-state index contributed by atoms with van der Waals surface area (Å²) in [6.07, 6.45) is 0.0901. The van der Waals surface area contributed by atoms with Crippen molar-refractivity contribution in [2.45, 2.75) is 38.8 Å². The summed E-state index contributed by atoms with van der Waals surface area (Å²) >= 11 is 0. The number of rotatable bonds is 16. The lowest BCUT2D eigenvalue weighted by Gasteiger charge is -2.28. The third kappa shape index (κ3) is 11.3. The summed E-state index contributed by atoms with van der Waals surface area (Å²) in [6, 6.07) is 35.1. The maximum atomic E-state index is 12.1. The molecule has 242 valence electrons. The van der Waals surface area contributed by atoms with Gasteiger partial charge in [-0.25, -0.2) is 9.59 Å². The Bertz CT molecular complexity index is 1400. The Kier molecular flexibility index (Phi) is 13.5. The van der Waals surface area contributed by atoms with E-state index >= 15 is 0 Å². The zero-order chi connectivity index (χ0) is 32.6. The average Bonchev–Trinajstić information content (AvgIpc) is 3.06. The van der Waals surface area contributed by atoms with Gasteiger partial charge >= 0.3 is 12.1 Å². The molecule has 4 aromatic carbocycles. The number of ether oxygens (including phenoxy) is 1. The number of benzene rings is 4. The summed E-state index contributed by atoms with van der Waals surface area (Å²) in [5.74, 6) is 0.750. The van der Waals surface area contributed by atoms with Gasteiger partial charge < -0.3 is 31.1 Å². The molecule has 0 fully saturated rings. The van der Waals surface area contributed by atoms with Crippen LogP contribution in [0, 0.1) is 0 Å². The van der Waals surface area contributed by atoms with Crippen molar-refractivity contribution in [3.8, 4) is 5.75 Å². The molecule has 9 heteroatoms. The lowest BCUT2D eigenvalue weighted by Crippen LogP contribution is -2.36. The minimum Gasteiger partial charge on any atom is -0.491 e. The van der Waals surface area contributed by atoms with Gasteiger partial charge in [0.1, 0.15) is 18.5 Å². The first-order valence-electron chi connectivity index (χ1n) is 15.8. The molecule has 0 spiro atoms. The first kappa shape index (κ1) is 34.0. The molecule has 0 heterocycles. The fourth-order valence-electron chi connectivity index (χ4n) is 5.24. The molecule has 0 bridgehead atoms. The number of carbonyl (C=O) groups excluding carboxylic acids is 2. The number of nitrogens with one attached hydrogen (secondary N) is 4. The minimum atomic E-state index is -0.679. The average molecular weight is 624 g/mol. The monoisotopic (exact) mass is 623 g/mol. The molecule has 0 unspecified atom stereocenters. The second-order valence-corrected chi connectivity index (χ2v) is 11.1. The Labute approximate surface area is 272 Å². The van der Waals surface area contributed by atoms with E-state index < -0.39 is 6.10 Å². The Morgan fingerprint density at radius 1 is 0.717 bits per heavy atom. The van der Waals surface area contributed by atoms with E-state index in [1.54, 1.807) is 0 Å². The lowest BCUT2D eigenvalue weighted by molar-refractivity contribution is 0.0647. The van der Waals surface area contributed by atoms with Crippen LogP contribution in [0.4, 0.5) is 21.0 Å². The van der Waals surface area contributed by atoms with Gasteiger partial charge in [-0.05, 0) is 79.9 Å². The van der Waals surface area contributed by atoms with Gasteiger partial charge in [-0.1, -0.05) is 72.8 Å². The molecule has 1 atom stereocenters. The van der Waals surface area contributed by atoms with E-state index in [4.69, 9.17) is 4.74 Å². The molecular formula is C37H45N5O4. The largest absolute Gasteiger partial charge is 0.491 e. The fourth-order valence-corrected chi connectivity index (χ4v) is 5.24. The van der Waals surface area contributed by atoms with Gasteiger partial charge in [-0.15, -0.1) is 0 Å². The molecule has 0 saturated carbocycles. The number of aliphatic hydroxyl groups excluding tert-OH is 1. The number of urea groups is 2. The van der Waals surface area contributed by atoms with Gasteiger partial charge in [0.05, 0.1) is 0 Å². The zero-order valence-electron chi connectivity index (χ0n) is 26.6. The van der Waals surface area contributed by atoms with Crippen LogP contribution in [-0.2, 0) is 6.54 Å². The number of carbonyl (C=O) groups is 2. The van der Waals surface area contributed by atoms with Crippen LogP contribution in [0.25, 0.3) is 0 Å². The summed E-state index contributed by atoms with van der Waals surface area (Å²) in [4.78, 5) is 26.4. The summed E-state index contributed by atoms with van der Waals surface area (Å²) in [5, 5.41) is 22.2. The fraction of sp³-hybridized carbons (Fsp3) is 0.297. The van der Waals surface area contributed by atoms with Gasteiger partial charge in [0.25, 0.3) is 0 Å². The van der Waals surface area contributed by atoms with E-state index in [-0.39, 0.29) is 24.6 Å². The topological polar surface area (TPSA) is 115 Å². The smallest absolute Gasteiger partial charge is 0.319 e. The molecule has 4 rings (SSSR count). The van der Waals surface area contributed by atoms with Crippen LogP contribution >= 0.6 is 0 Å². The van der Waals surface area contributed by atoms with E-state index in [1.165, 1.54) is 0 Å². The SMILES string of the molecule is CCNC(=O)Nc1ccc(C(CCN(Cc2ccccc2)C[C@H](O)COc2ccccc2)c2ccc(NC(=O)NCC)cc2)cc1. The highest BCUT2D eigenvalue weighted by molar-refractivity contribution is 5.89. The highest BCUT2D eigenvalue weighted by atomic mass is 16.5. The van der Waals surface area contributed by atoms with E-state index in [1.807, 2.05) is 111 Å². The molecule has 0 radical (unpaired) electrons. The third-order valence-electron chi connectivity index (χ3n) is 7.45. The first-order valence-corrected chi connectivity index (χ1v) is 15.8. The second kappa shape index (κ2) is 18.2. The van der Waals surface area contributed by atoms with Gasteiger partial charge in [0.15, 0.2) is 0 Å². The van der Waals surface area contributed by atoms with Crippen LogP contribution in [0.1, 0.15) is 42.9 Å². The van der Waals surface area contributed by atoms with Crippen molar-refractivity contribution in [1.29, 1.82) is 0 Å². The van der Waals surface area contributed by atoms with Crippen LogP contribution in [0.15, 0.2) is 109 Å². The molecular weight excluding hydrogens is 578 g/mol. The number of anilines is 2. The van der Waals surface area contributed by atoms with Gasteiger partial charge in [0.2, 0.25) is 0 Å². The maximum Gasteiger partial charge on any atom is 0.319 e. The summed E-state index contributed by atoms with van der Waals surface area (Å²) in [5.41, 5.74) is 4.78. The number of hydrogen-bond donors (Lipinski definition) is 5. The molecule has 5 N–H and O–H groups in total. The highest BCUT2D eigenvalue weighted by Gasteiger charge is 2.19. The number of amides is 4. The van der Waals surface area contributed by atoms with E-state index in [9.17, 15) is 14.7 Å². The molecule has 4 amide bonds.